The first-order valence-electron chi connectivity index (χ1n) is 6.89. The van der Waals surface area contributed by atoms with Crippen LogP contribution < -0.4 is 10.9 Å². The lowest BCUT2D eigenvalue weighted by atomic mass is 9.91. The molecule has 0 aliphatic heterocycles. The minimum Gasteiger partial charge on any atom is -0.378 e. The van der Waals surface area contributed by atoms with E-state index in [4.69, 9.17) is 0 Å². The summed E-state index contributed by atoms with van der Waals surface area (Å²) in [5.41, 5.74) is 4.64. The van der Waals surface area contributed by atoms with Gasteiger partial charge in [0, 0.05) is 21.9 Å². The summed E-state index contributed by atoms with van der Waals surface area (Å²) < 4.78 is 1.11. The van der Waals surface area contributed by atoms with Crippen molar-refractivity contribution in [1.29, 1.82) is 0 Å². The molecular formula is C16H17BrN2O. The van der Waals surface area contributed by atoms with Crippen molar-refractivity contribution in [3.63, 3.8) is 0 Å². The average Bonchev–Trinajstić information content (AvgIpc) is 2.44. The molecule has 3 nitrogen and oxygen atoms in total. The molecule has 0 spiro atoms. The fourth-order valence-corrected chi connectivity index (χ4v) is 3.17. The molecule has 1 aliphatic carbocycles. The van der Waals surface area contributed by atoms with Crippen LogP contribution in [-0.2, 0) is 6.42 Å². The Morgan fingerprint density at radius 2 is 2.15 bits per heavy atom. The van der Waals surface area contributed by atoms with Crippen molar-refractivity contribution >= 4 is 21.6 Å². The van der Waals surface area contributed by atoms with Crippen LogP contribution in [0.4, 0.5) is 5.69 Å². The van der Waals surface area contributed by atoms with E-state index in [-0.39, 0.29) is 11.6 Å². The summed E-state index contributed by atoms with van der Waals surface area (Å²) in [6.07, 6.45) is 3.14. The molecule has 104 valence electrons. The van der Waals surface area contributed by atoms with Crippen molar-refractivity contribution in [1.82, 2.24) is 4.98 Å². The molecule has 3 rings (SSSR count). The summed E-state index contributed by atoms with van der Waals surface area (Å²) in [7, 11) is 0. The number of aromatic nitrogens is 1. The predicted molar refractivity (Wildman–Crippen MR) is 85.2 cm³/mol. The van der Waals surface area contributed by atoms with Crippen molar-refractivity contribution in [3.8, 4) is 0 Å². The van der Waals surface area contributed by atoms with Crippen LogP contribution in [0.15, 0.2) is 39.6 Å². The van der Waals surface area contributed by atoms with E-state index >= 15 is 0 Å². The summed E-state index contributed by atoms with van der Waals surface area (Å²) in [6, 6.07) is 10.0. The molecule has 4 heteroatoms. The Morgan fingerprint density at radius 3 is 3.00 bits per heavy atom. The molecule has 1 aliphatic rings. The van der Waals surface area contributed by atoms with Crippen LogP contribution in [0.3, 0.4) is 0 Å². The molecule has 0 saturated carbocycles. The van der Waals surface area contributed by atoms with Crippen molar-refractivity contribution in [2.45, 2.75) is 32.2 Å². The van der Waals surface area contributed by atoms with Crippen LogP contribution in [0.25, 0.3) is 0 Å². The molecule has 1 aromatic carbocycles. The SMILES string of the molecule is Cc1c(Br)cccc1NC1CCCc2[nH]c(=O)ccc21. The van der Waals surface area contributed by atoms with Gasteiger partial charge >= 0.3 is 0 Å². The lowest BCUT2D eigenvalue weighted by molar-refractivity contribution is 0.586. The molecular weight excluding hydrogens is 316 g/mol. The predicted octanol–water partition coefficient (Wildman–Crippen LogP) is 3.94. The van der Waals surface area contributed by atoms with Crippen LogP contribution in [0.1, 0.15) is 35.7 Å². The number of halogens is 1. The van der Waals surface area contributed by atoms with Crippen molar-refractivity contribution in [3.05, 3.63) is 62.0 Å². The van der Waals surface area contributed by atoms with Gasteiger partial charge in [0.1, 0.15) is 0 Å². The second-order valence-electron chi connectivity index (χ2n) is 5.26. The van der Waals surface area contributed by atoms with Gasteiger partial charge < -0.3 is 10.3 Å². The maximum absolute atomic E-state index is 11.4. The Morgan fingerprint density at radius 1 is 1.30 bits per heavy atom. The fourth-order valence-electron chi connectivity index (χ4n) is 2.80. The molecule has 0 fully saturated rings. The van der Waals surface area contributed by atoms with Gasteiger partial charge in [0.05, 0.1) is 6.04 Å². The number of benzene rings is 1. The van der Waals surface area contributed by atoms with E-state index in [9.17, 15) is 4.79 Å². The molecule has 1 unspecified atom stereocenters. The number of hydrogen-bond donors (Lipinski definition) is 2. The number of nitrogens with one attached hydrogen (secondary N) is 2. The van der Waals surface area contributed by atoms with E-state index in [0.29, 0.717) is 0 Å². The third-order valence-electron chi connectivity index (χ3n) is 3.93. The van der Waals surface area contributed by atoms with Gasteiger partial charge in [-0.25, -0.2) is 0 Å². The van der Waals surface area contributed by atoms with Gasteiger partial charge in [0.15, 0.2) is 0 Å². The van der Waals surface area contributed by atoms with E-state index in [1.54, 1.807) is 6.07 Å². The Hall–Kier alpha value is -1.55. The number of anilines is 1. The Balaban J connectivity index is 1.93. The molecule has 20 heavy (non-hydrogen) atoms. The van der Waals surface area contributed by atoms with Gasteiger partial charge in [0.25, 0.3) is 0 Å². The third kappa shape index (κ3) is 2.52. The average molecular weight is 333 g/mol. The first kappa shape index (κ1) is 13.4. The van der Waals surface area contributed by atoms with Gasteiger partial charge in [-0.3, -0.25) is 4.79 Å². The summed E-state index contributed by atoms with van der Waals surface area (Å²) >= 11 is 3.56. The van der Waals surface area contributed by atoms with Crippen LogP contribution in [0.5, 0.6) is 0 Å². The summed E-state index contributed by atoms with van der Waals surface area (Å²) in [6.45, 7) is 2.10. The van der Waals surface area contributed by atoms with E-state index in [1.807, 2.05) is 18.2 Å². The molecule has 0 saturated heterocycles. The first-order chi connectivity index (χ1) is 9.65. The number of rotatable bonds is 2. The van der Waals surface area contributed by atoms with E-state index in [2.05, 4.69) is 39.2 Å². The Labute approximate surface area is 126 Å². The second kappa shape index (κ2) is 5.44. The maximum Gasteiger partial charge on any atom is 0.248 e. The van der Waals surface area contributed by atoms with Crippen molar-refractivity contribution in [2.24, 2.45) is 0 Å². The largest absolute Gasteiger partial charge is 0.378 e. The Kier molecular flexibility index (Phi) is 3.66. The molecule has 1 heterocycles. The number of aromatic amines is 1. The van der Waals surface area contributed by atoms with Crippen LogP contribution in [0.2, 0.25) is 0 Å². The number of aryl methyl sites for hydroxylation is 1. The molecule has 1 atom stereocenters. The first-order valence-corrected chi connectivity index (χ1v) is 7.68. The highest BCUT2D eigenvalue weighted by atomic mass is 79.9. The Bertz CT molecular complexity index is 693. The standard InChI is InChI=1S/C16H17BrN2O/c1-10-12(17)4-2-5-13(10)18-14-6-3-7-15-11(14)8-9-16(20)19-15/h2,4-5,8-9,14,18H,3,6-7H2,1H3,(H,19,20). The molecule has 2 N–H and O–H groups in total. The number of fused-ring (bicyclic) bond motifs is 1. The van der Waals surface area contributed by atoms with Gasteiger partial charge in [-0.05, 0) is 55.5 Å². The van der Waals surface area contributed by atoms with Crippen LogP contribution in [0, 0.1) is 6.92 Å². The van der Waals surface area contributed by atoms with Crippen LogP contribution >= 0.6 is 15.9 Å². The monoisotopic (exact) mass is 332 g/mol. The number of hydrogen-bond acceptors (Lipinski definition) is 2. The van der Waals surface area contributed by atoms with Crippen LogP contribution in [-0.4, -0.2) is 4.98 Å². The van der Waals surface area contributed by atoms with Gasteiger partial charge in [-0.2, -0.15) is 0 Å². The molecule has 0 bridgehead atoms. The lowest BCUT2D eigenvalue weighted by Crippen LogP contribution is -2.21. The fraction of sp³-hybridized carbons (Fsp3) is 0.312. The molecule has 1 aromatic heterocycles. The second-order valence-corrected chi connectivity index (χ2v) is 6.11. The quantitative estimate of drug-likeness (QED) is 0.874. The molecule has 0 amide bonds. The number of pyridine rings is 1. The zero-order chi connectivity index (χ0) is 14.1. The lowest BCUT2D eigenvalue weighted by Gasteiger charge is -2.27. The molecule has 2 aromatic rings. The summed E-state index contributed by atoms with van der Waals surface area (Å²) in [5, 5.41) is 3.61. The van der Waals surface area contributed by atoms with E-state index in [1.165, 1.54) is 11.1 Å². The zero-order valence-corrected chi connectivity index (χ0v) is 13.0. The highest BCUT2D eigenvalue weighted by Gasteiger charge is 2.21. The normalized spacial score (nSPS) is 17.6. The van der Waals surface area contributed by atoms with Crippen molar-refractivity contribution < 1.29 is 0 Å². The highest BCUT2D eigenvalue weighted by molar-refractivity contribution is 9.10. The zero-order valence-electron chi connectivity index (χ0n) is 11.4. The minimum absolute atomic E-state index is 0.0111. The van der Waals surface area contributed by atoms with Gasteiger partial charge in [-0.1, -0.05) is 22.0 Å². The minimum atomic E-state index is -0.0111. The smallest absolute Gasteiger partial charge is 0.248 e. The number of H-pyrrole nitrogens is 1. The van der Waals surface area contributed by atoms with Crippen molar-refractivity contribution in [2.75, 3.05) is 5.32 Å². The molecule has 0 radical (unpaired) electrons. The van der Waals surface area contributed by atoms with Gasteiger partial charge in [-0.15, -0.1) is 0 Å². The highest BCUT2D eigenvalue weighted by Crippen LogP contribution is 2.33. The van der Waals surface area contributed by atoms with Gasteiger partial charge in [0.2, 0.25) is 5.56 Å². The van der Waals surface area contributed by atoms with E-state index < -0.39 is 0 Å². The summed E-state index contributed by atoms with van der Waals surface area (Å²) in [4.78, 5) is 14.4. The maximum atomic E-state index is 11.4. The summed E-state index contributed by atoms with van der Waals surface area (Å²) in [5.74, 6) is 0. The van der Waals surface area contributed by atoms with E-state index in [0.717, 1.165) is 35.1 Å². The topological polar surface area (TPSA) is 44.9 Å². The third-order valence-corrected chi connectivity index (χ3v) is 4.79.